The molecule has 5 heteroatoms. The second-order valence-corrected chi connectivity index (χ2v) is 6.01. The standard InChI is InChI=1S/C15H13BrCl2FN/c16-15-11(2-1-3-14(15)19)9-20-7-6-10-4-5-12(17)8-13(10)18/h1-5,8,20H,6-7,9H2. The van der Waals surface area contributed by atoms with Gasteiger partial charge in [0.15, 0.2) is 0 Å². The van der Waals surface area contributed by atoms with Crippen molar-refractivity contribution < 1.29 is 4.39 Å². The van der Waals surface area contributed by atoms with Crippen LogP contribution in [0.25, 0.3) is 0 Å². The van der Waals surface area contributed by atoms with Crippen molar-refractivity contribution in [3.63, 3.8) is 0 Å². The predicted octanol–water partition coefficient (Wildman–Crippen LogP) is 5.23. The summed E-state index contributed by atoms with van der Waals surface area (Å²) in [4.78, 5) is 0. The minimum Gasteiger partial charge on any atom is -0.312 e. The zero-order chi connectivity index (χ0) is 14.5. The van der Waals surface area contributed by atoms with Crippen molar-refractivity contribution in [3.8, 4) is 0 Å². The molecular weight excluding hydrogens is 364 g/mol. The lowest BCUT2D eigenvalue weighted by Gasteiger charge is -2.08. The molecule has 1 N–H and O–H groups in total. The molecule has 0 aromatic heterocycles. The van der Waals surface area contributed by atoms with Gasteiger partial charge in [-0.15, -0.1) is 0 Å². The smallest absolute Gasteiger partial charge is 0.137 e. The normalized spacial score (nSPS) is 10.8. The Balaban J connectivity index is 1.86. The molecule has 0 bridgehead atoms. The molecule has 0 aliphatic rings. The van der Waals surface area contributed by atoms with E-state index >= 15 is 0 Å². The van der Waals surface area contributed by atoms with E-state index in [1.54, 1.807) is 12.1 Å². The summed E-state index contributed by atoms with van der Waals surface area (Å²) in [7, 11) is 0. The summed E-state index contributed by atoms with van der Waals surface area (Å²) >= 11 is 15.2. The van der Waals surface area contributed by atoms with Gasteiger partial charge in [0.2, 0.25) is 0 Å². The fourth-order valence-corrected chi connectivity index (χ4v) is 2.76. The highest BCUT2D eigenvalue weighted by molar-refractivity contribution is 9.10. The number of halogens is 4. The number of benzene rings is 2. The number of nitrogens with one attached hydrogen (secondary N) is 1. The molecule has 2 rings (SSSR count). The van der Waals surface area contributed by atoms with Crippen LogP contribution in [0.5, 0.6) is 0 Å². The molecule has 0 unspecified atom stereocenters. The molecule has 0 aliphatic heterocycles. The van der Waals surface area contributed by atoms with Gasteiger partial charge < -0.3 is 5.32 Å². The molecule has 0 amide bonds. The monoisotopic (exact) mass is 375 g/mol. The second kappa shape index (κ2) is 7.41. The minimum absolute atomic E-state index is 0.245. The van der Waals surface area contributed by atoms with Gasteiger partial charge in [-0.2, -0.15) is 0 Å². The van der Waals surface area contributed by atoms with E-state index in [1.807, 2.05) is 18.2 Å². The molecule has 0 heterocycles. The third kappa shape index (κ3) is 4.19. The van der Waals surface area contributed by atoms with E-state index in [2.05, 4.69) is 21.2 Å². The summed E-state index contributed by atoms with van der Waals surface area (Å²) in [5.74, 6) is -0.245. The largest absolute Gasteiger partial charge is 0.312 e. The van der Waals surface area contributed by atoms with E-state index in [0.29, 0.717) is 21.1 Å². The van der Waals surface area contributed by atoms with Gasteiger partial charge in [-0.3, -0.25) is 0 Å². The maximum atomic E-state index is 13.3. The maximum absolute atomic E-state index is 13.3. The summed E-state index contributed by atoms with van der Waals surface area (Å²) in [6, 6.07) is 10.5. The molecule has 0 atom stereocenters. The van der Waals surface area contributed by atoms with Crippen LogP contribution in [0.1, 0.15) is 11.1 Å². The van der Waals surface area contributed by atoms with Crippen LogP contribution in [-0.4, -0.2) is 6.54 Å². The van der Waals surface area contributed by atoms with Crippen LogP contribution >= 0.6 is 39.1 Å². The van der Waals surface area contributed by atoms with Gasteiger partial charge in [-0.1, -0.05) is 41.4 Å². The molecule has 0 radical (unpaired) electrons. The van der Waals surface area contributed by atoms with Crippen LogP contribution in [-0.2, 0) is 13.0 Å². The highest BCUT2D eigenvalue weighted by atomic mass is 79.9. The fourth-order valence-electron chi connectivity index (χ4n) is 1.86. The Morgan fingerprint density at radius 3 is 2.65 bits per heavy atom. The van der Waals surface area contributed by atoms with Crippen molar-refractivity contribution in [2.45, 2.75) is 13.0 Å². The Morgan fingerprint density at radius 2 is 1.90 bits per heavy atom. The third-order valence-electron chi connectivity index (χ3n) is 2.93. The quantitative estimate of drug-likeness (QED) is 0.704. The van der Waals surface area contributed by atoms with Gasteiger partial charge in [0, 0.05) is 16.6 Å². The van der Waals surface area contributed by atoms with Crippen LogP contribution in [0.3, 0.4) is 0 Å². The topological polar surface area (TPSA) is 12.0 Å². The van der Waals surface area contributed by atoms with Gasteiger partial charge in [0.1, 0.15) is 5.82 Å². The van der Waals surface area contributed by atoms with Crippen molar-refractivity contribution in [2.24, 2.45) is 0 Å². The lowest BCUT2D eigenvalue weighted by Crippen LogP contribution is -2.17. The Kier molecular flexibility index (Phi) is 5.85. The van der Waals surface area contributed by atoms with Crippen LogP contribution in [0.15, 0.2) is 40.9 Å². The molecule has 2 aromatic carbocycles. The van der Waals surface area contributed by atoms with E-state index in [1.165, 1.54) is 6.07 Å². The van der Waals surface area contributed by atoms with Gasteiger partial charge >= 0.3 is 0 Å². The first-order chi connectivity index (χ1) is 9.58. The van der Waals surface area contributed by atoms with Crippen LogP contribution in [0, 0.1) is 5.82 Å². The summed E-state index contributed by atoms with van der Waals surface area (Å²) in [5.41, 5.74) is 1.94. The van der Waals surface area contributed by atoms with Gasteiger partial charge in [0.25, 0.3) is 0 Å². The van der Waals surface area contributed by atoms with Gasteiger partial charge in [-0.25, -0.2) is 4.39 Å². The molecule has 0 fully saturated rings. The molecule has 0 saturated carbocycles. The molecule has 2 aromatic rings. The van der Waals surface area contributed by atoms with Crippen LogP contribution in [0.4, 0.5) is 4.39 Å². The average Bonchev–Trinajstić information content (AvgIpc) is 2.41. The van der Waals surface area contributed by atoms with E-state index in [0.717, 1.165) is 24.1 Å². The van der Waals surface area contributed by atoms with Crippen molar-refractivity contribution in [1.29, 1.82) is 0 Å². The highest BCUT2D eigenvalue weighted by Gasteiger charge is 2.05. The van der Waals surface area contributed by atoms with Crippen molar-refractivity contribution in [3.05, 3.63) is 67.9 Å². The molecule has 0 saturated heterocycles. The highest BCUT2D eigenvalue weighted by Crippen LogP contribution is 2.22. The van der Waals surface area contributed by atoms with Crippen LogP contribution in [0.2, 0.25) is 10.0 Å². The average molecular weight is 377 g/mol. The first-order valence-corrected chi connectivity index (χ1v) is 7.70. The molecular formula is C15H13BrCl2FN. The molecule has 20 heavy (non-hydrogen) atoms. The number of hydrogen-bond acceptors (Lipinski definition) is 1. The molecule has 1 nitrogen and oxygen atoms in total. The molecule has 106 valence electrons. The second-order valence-electron chi connectivity index (χ2n) is 4.38. The minimum atomic E-state index is -0.245. The Morgan fingerprint density at radius 1 is 1.10 bits per heavy atom. The Labute approximate surface area is 136 Å². The summed E-state index contributed by atoms with van der Waals surface area (Å²) in [5, 5.41) is 4.58. The predicted molar refractivity (Wildman–Crippen MR) is 86.0 cm³/mol. The maximum Gasteiger partial charge on any atom is 0.137 e. The molecule has 0 aliphatic carbocycles. The van der Waals surface area contributed by atoms with Gasteiger partial charge in [0.05, 0.1) is 4.47 Å². The van der Waals surface area contributed by atoms with Gasteiger partial charge in [-0.05, 0) is 58.2 Å². The van der Waals surface area contributed by atoms with Crippen molar-refractivity contribution >= 4 is 39.1 Å². The van der Waals surface area contributed by atoms with E-state index in [-0.39, 0.29) is 5.82 Å². The van der Waals surface area contributed by atoms with E-state index in [4.69, 9.17) is 23.2 Å². The number of hydrogen-bond donors (Lipinski definition) is 1. The lowest BCUT2D eigenvalue weighted by molar-refractivity contribution is 0.612. The Hall–Kier alpha value is -0.610. The van der Waals surface area contributed by atoms with E-state index < -0.39 is 0 Å². The Bertz CT molecular complexity index is 604. The van der Waals surface area contributed by atoms with E-state index in [9.17, 15) is 4.39 Å². The lowest BCUT2D eigenvalue weighted by atomic mass is 10.1. The zero-order valence-electron chi connectivity index (χ0n) is 10.6. The first-order valence-electron chi connectivity index (χ1n) is 6.15. The fraction of sp³-hybridized carbons (Fsp3) is 0.200. The van der Waals surface area contributed by atoms with Crippen molar-refractivity contribution in [1.82, 2.24) is 5.32 Å². The van der Waals surface area contributed by atoms with Crippen LogP contribution < -0.4 is 5.32 Å². The zero-order valence-corrected chi connectivity index (χ0v) is 13.7. The van der Waals surface area contributed by atoms with Crippen molar-refractivity contribution in [2.75, 3.05) is 6.54 Å². The molecule has 0 spiro atoms. The first kappa shape index (κ1) is 15.8. The summed E-state index contributed by atoms with van der Waals surface area (Å²) in [6.07, 6.45) is 0.795. The summed E-state index contributed by atoms with van der Waals surface area (Å²) < 4.78 is 13.9. The summed E-state index contributed by atoms with van der Waals surface area (Å²) in [6.45, 7) is 1.36. The third-order valence-corrected chi connectivity index (χ3v) is 4.41. The number of rotatable bonds is 5. The SMILES string of the molecule is Fc1cccc(CNCCc2ccc(Cl)cc2Cl)c1Br.